The Bertz CT molecular complexity index is 1280. The summed E-state index contributed by atoms with van der Waals surface area (Å²) in [7, 11) is 0. The SMILES string of the molecule is O=C1COC2(CCN(C(O)(O)c3ccc(-c4ccc5cccnc5c4)cc3F)CC2)CN1C1CC1. The molecule has 0 atom stereocenters. The Morgan fingerprint density at radius 1 is 1.06 bits per heavy atom. The Kier molecular flexibility index (Phi) is 5.37. The van der Waals surface area contributed by atoms with Gasteiger partial charge in [0.2, 0.25) is 5.91 Å². The molecule has 2 saturated heterocycles. The topological polar surface area (TPSA) is 86.1 Å². The number of hydrogen-bond donors (Lipinski definition) is 2. The number of carbonyl (C=O) groups is 1. The molecular formula is C27H28FN3O4. The number of ether oxygens (including phenoxy) is 1. The van der Waals surface area contributed by atoms with Crippen molar-refractivity contribution in [3.63, 3.8) is 0 Å². The van der Waals surface area contributed by atoms with Crippen molar-refractivity contribution < 1.29 is 24.1 Å². The van der Waals surface area contributed by atoms with E-state index in [-0.39, 0.29) is 18.1 Å². The lowest BCUT2D eigenvalue weighted by molar-refractivity contribution is -0.290. The van der Waals surface area contributed by atoms with Crippen molar-refractivity contribution in [2.45, 2.75) is 43.2 Å². The van der Waals surface area contributed by atoms with Crippen LogP contribution in [0, 0.1) is 5.82 Å². The van der Waals surface area contributed by atoms with Crippen LogP contribution < -0.4 is 0 Å². The smallest absolute Gasteiger partial charge is 0.256 e. The van der Waals surface area contributed by atoms with Crippen LogP contribution in [0.15, 0.2) is 54.7 Å². The number of morpholine rings is 1. The van der Waals surface area contributed by atoms with E-state index in [0.717, 1.165) is 29.3 Å². The van der Waals surface area contributed by atoms with Gasteiger partial charge in [0.05, 0.1) is 23.2 Å². The summed E-state index contributed by atoms with van der Waals surface area (Å²) in [4.78, 5) is 20.0. The zero-order valence-electron chi connectivity index (χ0n) is 19.4. The fraction of sp³-hybridized carbons (Fsp3) is 0.407. The average Bonchev–Trinajstić information content (AvgIpc) is 3.71. The molecule has 2 aromatic carbocycles. The number of benzene rings is 2. The third kappa shape index (κ3) is 4.10. The molecule has 0 radical (unpaired) electrons. The molecule has 1 amide bonds. The number of piperidine rings is 1. The molecule has 2 N–H and O–H groups in total. The molecule has 182 valence electrons. The van der Waals surface area contributed by atoms with Gasteiger partial charge in [-0.2, -0.15) is 0 Å². The Morgan fingerprint density at radius 3 is 2.54 bits per heavy atom. The number of halogens is 1. The van der Waals surface area contributed by atoms with E-state index in [2.05, 4.69) is 4.98 Å². The standard InChI is InChI=1S/C27H28FN3O4/c28-23-14-19(20-4-3-18-2-1-11-29-24(18)15-20)5-8-22(23)27(33,34)30-12-9-26(10-13-30)17-31(21-6-7-21)25(32)16-35-26/h1-5,8,11,14-15,21,33-34H,6-7,9-10,12-13,16-17H2. The molecule has 0 bridgehead atoms. The number of pyridine rings is 1. The van der Waals surface area contributed by atoms with Gasteiger partial charge in [-0.05, 0) is 61.1 Å². The van der Waals surface area contributed by atoms with Crippen LogP contribution in [-0.2, 0) is 15.4 Å². The third-order valence-corrected chi connectivity index (χ3v) is 7.65. The second-order valence-electron chi connectivity index (χ2n) is 9.95. The second kappa shape index (κ2) is 8.34. The maximum Gasteiger partial charge on any atom is 0.256 e. The maximum absolute atomic E-state index is 15.2. The van der Waals surface area contributed by atoms with Gasteiger partial charge in [-0.25, -0.2) is 9.29 Å². The van der Waals surface area contributed by atoms with Crippen LogP contribution in [0.4, 0.5) is 4.39 Å². The minimum atomic E-state index is -2.45. The lowest BCUT2D eigenvalue weighted by atomic mass is 9.88. The summed E-state index contributed by atoms with van der Waals surface area (Å²) in [5, 5.41) is 23.0. The van der Waals surface area contributed by atoms with Gasteiger partial charge in [0.15, 0.2) is 0 Å². The number of fused-ring (bicyclic) bond motifs is 1. The van der Waals surface area contributed by atoms with Gasteiger partial charge in [-0.3, -0.25) is 9.78 Å². The highest BCUT2D eigenvalue weighted by molar-refractivity contribution is 5.84. The zero-order chi connectivity index (χ0) is 24.2. The number of nitrogens with zero attached hydrogens (tertiary/aromatic N) is 3. The molecule has 1 aromatic heterocycles. The number of aromatic nitrogens is 1. The predicted octanol–water partition coefficient (Wildman–Crippen LogP) is 2.99. The molecule has 3 fully saturated rings. The summed E-state index contributed by atoms with van der Waals surface area (Å²) in [6.07, 6.45) is 4.86. The molecule has 7 nitrogen and oxygen atoms in total. The van der Waals surface area contributed by atoms with Crippen molar-refractivity contribution >= 4 is 16.8 Å². The first kappa shape index (κ1) is 22.5. The molecule has 35 heavy (non-hydrogen) atoms. The molecule has 3 aromatic rings. The van der Waals surface area contributed by atoms with Crippen molar-refractivity contribution in [1.82, 2.24) is 14.8 Å². The molecule has 0 unspecified atom stereocenters. The van der Waals surface area contributed by atoms with Crippen LogP contribution >= 0.6 is 0 Å². The van der Waals surface area contributed by atoms with Crippen LogP contribution in [0.2, 0.25) is 0 Å². The Labute approximate surface area is 202 Å². The van der Waals surface area contributed by atoms with Gasteiger partial charge in [0.1, 0.15) is 12.4 Å². The normalized spacial score (nSPS) is 21.1. The van der Waals surface area contributed by atoms with Crippen molar-refractivity contribution in [3.8, 4) is 11.1 Å². The van der Waals surface area contributed by atoms with Crippen LogP contribution in [0.5, 0.6) is 0 Å². The highest BCUT2D eigenvalue weighted by atomic mass is 19.1. The van der Waals surface area contributed by atoms with Gasteiger partial charge in [-0.1, -0.05) is 24.3 Å². The van der Waals surface area contributed by atoms with E-state index in [1.807, 2.05) is 35.2 Å². The lowest BCUT2D eigenvalue weighted by Gasteiger charge is -2.49. The molecular weight excluding hydrogens is 449 g/mol. The molecule has 1 aliphatic carbocycles. The van der Waals surface area contributed by atoms with Crippen LogP contribution in [0.3, 0.4) is 0 Å². The van der Waals surface area contributed by atoms with Gasteiger partial charge >= 0.3 is 0 Å². The van der Waals surface area contributed by atoms with E-state index in [1.54, 1.807) is 12.3 Å². The molecule has 2 aliphatic heterocycles. The first-order valence-corrected chi connectivity index (χ1v) is 12.1. The highest BCUT2D eigenvalue weighted by Crippen LogP contribution is 2.39. The molecule has 8 heteroatoms. The fourth-order valence-corrected chi connectivity index (χ4v) is 5.37. The summed E-state index contributed by atoms with van der Waals surface area (Å²) in [5.41, 5.74) is 1.58. The number of hydrogen-bond acceptors (Lipinski definition) is 6. The van der Waals surface area contributed by atoms with Gasteiger partial charge in [0, 0.05) is 30.7 Å². The molecule has 3 aliphatic rings. The summed E-state index contributed by atoms with van der Waals surface area (Å²) in [6, 6.07) is 14.3. The summed E-state index contributed by atoms with van der Waals surface area (Å²) in [6.45, 7) is 1.24. The molecule has 1 spiro atoms. The monoisotopic (exact) mass is 477 g/mol. The number of likely N-dealkylation sites (tertiary alicyclic amines) is 1. The molecule has 1 saturated carbocycles. The van der Waals surface area contributed by atoms with Gasteiger partial charge in [-0.15, -0.1) is 0 Å². The summed E-state index contributed by atoms with van der Waals surface area (Å²) < 4.78 is 21.2. The van der Waals surface area contributed by atoms with E-state index in [1.165, 1.54) is 17.0 Å². The highest BCUT2D eigenvalue weighted by Gasteiger charge is 2.49. The summed E-state index contributed by atoms with van der Waals surface area (Å²) >= 11 is 0. The van der Waals surface area contributed by atoms with Crippen LogP contribution in [-0.4, -0.2) is 68.8 Å². The molecule has 6 rings (SSSR count). The largest absolute Gasteiger partial charge is 0.363 e. The quantitative estimate of drug-likeness (QED) is 0.562. The van der Waals surface area contributed by atoms with Crippen molar-refractivity contribution in [3.05, 3.63) is 66.1 Å². The minimum Gasteiger partial charge on any atom is -0.363 e. The van der Waals surface area contributed by atoms with Crippen LogP contribution in [0.25, 0.3) is 22.0 Å². The summed E-state index contributed by atoms with van der Waals surface area (Å²) in [5.74, 6) is -3.10. The third-order valence-electron chi connectivity index (χ3n) is 7.65. The first-order valence-electron chi connectivity index (χ1n) is 12.1. The van der Waals surface area contributed by atoms with Crippen molar-refractivity contribution in [2.75, 3.05) is 26.2 Å². The number of aliphatic hydroxyl groups is 2. The Balaban J connectivity index is 1.19. The van der Waals surface area contributed by atoms with Crippen molar-refractivity contribution in [1.29, 1.82) is 0 Å². The van der Waals surface area contributed by atoms with E-state index in [0.29, 0.717) is 44.1 Å². The van der Waals surface area contributed by atoms with E-state index in [4.69, 9.17) is 4.74 Å². The number of amides is 1. The maximum atomic E-state index is 15.2. The lowest BCUT2D eigenvalue weighted by Crippen LogP contribution is -2.61. The second-order valence-corrected chi connectivity index (χ2v) is 9.95. The van der Waals surface area contributed by atoms with E-state index in [9.17, 15) is 15.0 Å². The van der Waals surface area contributed by atoms with Crippen LogP contribution in [0.1, 0.15) is 31.2 Å². The number of rotatable bonds is 4. The Hall–Kier alpha value is -2.91. The van der Waals surface area contributed by atoms with E-state index >= 15 is 4.39 Å². The van der Waals surface area contributed by atoms with E-state index < -0.39 is 17.3 Å². The zero-order valence-corrected chi connectivity index (χ0v) is 19.4. The predicted molar refractivity (Wildman–Crippen MR) is 127 cm³/mol. The fourth-order valence-electron chi connectivity index (χ4n) is 5.37. The van der Waals surface area contributed by atoms with Crippen molar-refractivity contribution in [2.24, 2.45) is 0 Å². The first-order chi connectivity index (χ1) is 16.8. The van der Waals surface area contributed by atoms with Gasteiger partial charge < -0.3 is 19.8 Å². The molecule has 3 heterocycles. The average molecular weight is 478 g/mol. The van der Waals surface area contributed by atoms with Gasteiger partial charge in [0.25, 0.3) is 5.91 Å². The Morgan fingerprint density at radius 2 is 1.80 bits per heavy atom. The minimum absolute atomic E-state index is 0.0311. The number of carbonyl (C=O) groups excluding carboxylic acids is 1.